The Hall–Kier alpha value is -1.55. The maximum Gasteiger partial charge on any atom is 0.222 e. The zero-order valence-electron chi connectivity index (χ0n) is 10.7. The maximum absolute atomic E-state index is 5.97. The van der Waals surface area contributed by atoms with Gasteiger partial charge in [0.2, 0.25) is 5.88 Å². The van der Waals surface area contributed by atoms with Gasteiger partial charge < -0.3 is 10.1 Å². The predicted molar refractivity (Wildman–Crippen MR) is 80.0 cm³/mol. The molecule has 0 saturated heterocycles. The van der Waals surface area contributed by atoms with Gasteiger partial charge in [-0.05, 0) is 53.4 Å². The Morgan fingerprint density at radius 2 is 2.26 bits per heavy atom. The van der Waals surface area contributed by atoms with Crippen LogP contribution < -0.4 is 10.1 Å². The fraction of sp³-hybridized carbons (Fsp3) is 0.267. The zero-order chi connectivity index (χ0) is 13.2. The number of aromatic nitrogens is 1. The summed E-state index contributed by atoms with van der Waals surface area (Å²) >= 11 is 3.41. The Morgan fingerprint density at radius 3 is 3.11 bits per heavy atom. The Bertz CT molecular complexity index is 613. The van der Waals surface area contributed by atoms with Crippen molar-refractivity contribution in [1.82, 2.24) is 4.98 Å². The van der Waals surface area contributed by atoms with Crippen LogP contribution in [0.25, 0.3) is 0 Å². The number of fused-ring (bicyclic) bond motifs is 1. The standard InChI is InChI=1S/C15H15BrN2O/c1-10-8-12(16)9-18-15(10)19-13-6-2-4-11-5-3-7-17-14(11)13/h2,4,6,8-9,17H,3,5,7H2,1H3. The highest BCUT2D eigenvalue weighted by atomic mass is 79.9. The second-order valence-corrected chi connectivity index (χ2v) is 5.61. The number of ether oxygens (including phenoxy) is 1. The Labute approximate surface area is 121 Å². The van der Waals surface area contributed by atoms with E-state index in [4.69, 9.17) is 4.74 Å². The number of hydrogen-bond acceptors (Lipinski definition) is 3. The quantitative estimate of drug-likeness (QED) is 0.896. The Balaban J connectivity index is 1.95. The summed E-state index contributed by atoms with van der Waals surface area (Å²) in [5.74, 6) is 1.51. The molecule has 0 atom stereocenters. The van der Waals surface area contributed by atoms with Gasteiger partial charge in [-0.25, -0.2) is 4.98 Å². The van der Waals surface area contributed by atoms with Crippen LogP contribution in [0.4, 0.5) is 5.69 Å². The van der Waals surface area contributed by atoms with Crippen molar-refractivity contribution in [3.63, 3.8) is 0 Å². The lowest BCUT2D eigenvalue weighted by molar-refractivity contribution is 0.459. The van der Waals surface area contributed by atoms with Crippen LogP contribution in [0.1, 0.15) is 17.5 Å². The third kappa shape index (κ3) is 2.59. The van der Waals surface area contributed by atoms with Crippen molar-refractivity contribution in [2.45, 2.75) is 19.8 Å². The molecule has 3 nitrogen and oxygen atoms in total. The average molecular weight is 319 g/mol. The molecule has 0 amide bonds. The summed E-state index contributed by atoms with van der Waals surface area (Å²) < 4.78 is 6.93. The van der Waals surface area contributed by atoms with Crippen molar-refractivity contribution >= 4 is 21.6 Å². The van der Waals surface area contributed by atoms with Gasteiger partial charge in [-0.2, -0.15) is 0 Å². The smallest absolute Gasteiger partial charge is 0.222 e. The zero-order valence-corrected chi connectivity index (χ0v) is 12.3. The van der Waals surface area contributed by atoms with Gasteiger partial charge in [0.25, 0.3) is 0 Å². The number of nitrogens with zero attached hydrogens (tertiary/aromatic N) is 1. The molecule has 0 spiro atoms. The molecule has 19 heavy (non-hydrogen) atoms. The number of aryl methyl sites for hydroxylation is 2. The average Bonchev–Trinajstić information content (AvgIpc) is 2.42. The molecule has 0 fully saturated rings. The molecule has 0 aliphatic carbocycles. The first kappa shape index (κ1) is 12.5. The topological polar surface area (TPSA) is 34.1 Å². The molecule has 0 radical (unpaired) electrons. The number of anilines is 1. The van der Waals surface area contributed by atoms with Crippen molar-refractivity contribution in [2.75, 3.05) is 11.9 Å². The van der Waals surface area contributed by atoms with Crippen molar-refractivity contribution in [2.24, 2.45) is 0 Å². The lowest BCUT2D eigenvalue weighted by Crippen LogP contribution is -2.12. The van der Waals surface area contributed by atoms with Crippen LogP contribution in [-0.4, -0.2) is 11.5 Å². The highest BCUT2D eigenvalue weighted by Gasteiger charge is 2.14. The van der Waals surface area contributed by atoms with Gasteiger partial charge >= 0.3 is 0 Å². The van der Waals surface area contributed by atoms with Gasteiger partial charge in [0, 0.05) is 22.8 Å². The molecule has 2 heterocycles. The van der Waals surface area contributed by atoms with Crippen LogP contribution in [-0.2, 0) is 6.42 Å². The lowest BCUT2D eigenvalue weighted by atomic mass is 10.0. The number of hydrogen-bond donors (Lipinski definition) is 1. The van der Waals surface area contributed by atoms with Gasteiger partial charge in [-0.15, -0.1) is 0 Å². The predicted octanol–water partition coefficient (Wildman–Crippen LogP) is 4.30. The minimum atomic E-state index is 0.656. The molecule has 1 aliphatic heterocycles. The van der Waals surface area contributed by atoms with Gasteiger partial charge in [-0.1, -0.05) is 12.1 Å². The second-order valence-electron chi connectivity index (χ2n) is 4.70. The molecule has 0 saturated carbocycles. The fourth-order valence-corrected chi connectivity index (χ4v) is 2.75. The van der Waals surface area contributed by atoms with E-state index < -0.39 is 0 Å². The number of nitrogens with one attached hydrogen (secondary N) is 1. The first-order chi connectivity index (χ1) is 9.24. The minimum Gasteiger partial charge on any atom is -0.437 e. The molecule has 3 rings (SSSR count). The van der Waals surface area contributed by atoms with E-state index in [9.17, 15) is 0 Å². The molecule has 4 heteroatoms. The van der Waals surface area contributed by atoms with Crippen LogP contribution in [0.2, 0.25) is 0 Å². The van der Waals surface area contributed by atoms with E-state index in [1.165, 1.54) is 12.0 Å². The van der Waals surface area contributed by atoms with Crippen molar-refractivity contribution < 1.29 is 4.74 Å². The van der Waals surface area contributed by atoms with Crippen molar-refractivity contribution in [3.8, 4) is 11.6 Å². The molecular formula is C15H15BrN2O. The molecule has 1 aromatic carbocycles. The van der Waals surface area contributed by atoms with Gasteiger partial charge in [0.15, 0.2) is 5.75 Å². The monoisotopic (exact) mass is 318 g/mol. The fourth-order valence-electron chi connectivity index (χ4n) is 2.30. The summed E-state index contributed by atoms with van der Waals surface area (Å²) in [4.78, 5) is 4.33. The van der Waals surface area contributed by atoms with E-state index in [0.29, 0.717) is 5.88 Å². The van der Waals surface area contributed by atoms with E-state index >= 15 is 0 Å². The highest BCUT2D eigenvalue weighted by molar-refractivity contribution is 9.10. The third-order valence-electron chi connectivity index (χ3n) is 3.24. The van der Waals surface area contributed by atoms with Crippen LogP contribution >= 0.6 is 15.9 Å². The summed E-state index contributed by atoms with van der Waals surface area (Å²) in [5.41, 5.74) is 3.44. The molecule has 0 unspecified atom stereocenters. The molecule has 2 aromatic rings. The van der Waals surface area contributed by atoms with E-state index in [0.717, 1.165) is 34.4 Å². The van der Waals surface area contributed by atoms with E-state index in [1.54, 1.807) is 6.20 Å². The summed E-state index contributed by atoms with van der Waals surface area (Å²) in [6.07, 6.45) is 4.03. The maximum atomic E-state index is 5.97. The van der Waals surface area contributed by atoms with Gasteiger partial charge in [-0.3, -0.25) is 0 Å². The summed E-state index contributed by atoms with van der Waals surface area (Å²) in [5, 5.41) is 3.42. The highest BCUT2D eigenvalue weighted by Crippen LogP contribution is 2.35. The van der Waals surface area contributed by atoms with Crippen molar-refractivity contribution in [1.29, 1.82) is 0 Å². The molecular weight excluding hydrogens is 304 g/mol. The summed E-state index contributed by atoms with van der Waals surface area (Å²) in [6, 6.07) is 8.18. The molecule has 1 aliphatic rings. The normalized spacial score (nSPS) is 13.6. The summed E-state index contributed by atoms with van der Waals surface area (Å²) in [7, 11) is 0. The Kier molecular flexibility index (Phi) is 3.42. The number of rotatable bonds is 2. The molecule has 1 aromatic heterocycles. The molecule has 98 valence electrons. The Morgan fingerprint density at radius 1 is 1.37 bits per heavy atom. The number of benzene rings is 1. The van der Waals surface area contributed by atoms with E-state index in [-0.39, 0.29) is 0 Å². The summed E-state index contributed by atoms with van der Waals surface area (Å²) in [6.45, 7) is 3.00. The largest absolute Gasteiger partial charge is 0.437 e. The number of halogens is 1. The minimum absolute atomic E-state index is 0.656. The van der Waals surface area contributed by atoms with Gasteiger partial charge in [0.05, 0.1) is 5.69 Å². The molecule has 1 N–H and O–H groups in total. The van der Waals surface area contributed by atoms with Gasteiger partial charge in [0.1, 0.15) is 0 Å². The van der Waals surface area contributed by atoms with E-state index in [2.05, 4.69) is 32.3 Å². The van der Waals surface area contributed by atoms with Crippen LogP contribution in [0, 0.1) is 6.92 Å². The number of pyridine rings is 1. The van der Waals surface area contributed by atoms with Crippen LogP contribution in [0.15, 0.2) is 34.9 Å². The van der Waals surface area contributed by atoms with Crippen LogP contribution in [0.3, 0.4) is 0 Å². The second kappa shape index (κ2) is 5.21. The first-order valence-corrected chi connectivity index (χ1v) is 7.19. The van der Waals surface area contributed by atoms with Crippen molar-refractivity contribution in [3.05, 3.63) is 46.1 Å². The third-order valence-corrected chi connectivity index (χ3v) is 3.67. The first-order valence-electron chi connectivity index (χ1n) is 6.40. The van der Waals surface area contributed by atoms with Crippen LogP contribution in [0.5, 0.6) is 11.6 Å². The SMILES string of the molecule is Cc1cc(Br)cnc1Oc1cccc2c1NCCC2. The van der Waals surface area contributed by atoms with E-state index in [1.807, 2.05) is 25.1 Å². The number of para-hydroxylation sites is 1. The molecule has 0 bridgehead atoms. The lowest BCUT2D eigenvalue weighted by Gasteiger charge is -2.21.